The second-order valence-corrected chi connectivity index (χ2v) is 4.79. The van der Waals surface area contributed by atoms with Crippen molar-refractivity contribution < 1.29 is 14.6 Å². The van der Waals surface area contributed by atoms with Crippen molar-refractivity contribution in [1.82, 2.24) is 0 Å². The van der Waals surface area contributed by atoms with Crippen LogP contribution in [0.2, 0.25) is 0 Å². The van der Waals surface area contributed by atoms with Gasteiger partial charge in [0.2, 0.25) is 0 Å². The van der Waals surface area contributed by atoms with E-state index >= 15 is 0 Å². The second-order valence-electron chi connectivity index (χ2n) is 4.79. The molecule has 1 aromatic carbocycles. The van der Waals surface area contributed by atoms with E-state index in [0.717, 1.165) is 25.0 Å². The molecule has 0 radical (unpaired) electrons. The third kappa shape index (κ3) is 2.64. The zero-order valence-corrected chi connectivity index (χ0v) is 10.8. The smallest absolute Gasteiger partial charge is 0.337 e. The minimum Gasteiger partial charge on any atom is -0.478 e. The molecule has 0 bridgehead atoms. The maximum absolute atomic E-state index is 11.2. The molecule has 98 valence electrons. The van der Waals surface area contributed by atoms with Crippen LogP contribution in [0.5, 0.6) is 0 Å². The van der Waals surface area contributed by atoms with E-state index in [0.29, 0.717) is 11.3 Å². The number of para-hydroxylation sites is 1. The minimum atomic E-state index is -0.902. The number of carboxylic acid groups (broad SMARTS) is 1. The SMILES string of the molecule is Cc1cccc(C(=O)O)c1NC(C)C1CCCO1. The number of carboxylic acids is 1. The number of aryl methyl sites for hydroxylation is 1. The maximum atomic E-state index is 11.2. The number of hydrogen-bond acceptors (Lipinski definition) is 3. The molecule has 1 saturated heterocycles. The van der Waals surface area contributed by atoms with Crippen molar-refractivity contribution in [3.63, 3.8) is 0 Å². The van der Waals surface area contributed by atoms with Gasteiger partial charge in [0, 0.05) is 12.6 Å². The number of aromatic carboxylic acids is 1. The van der Waals surface area contributed by atoms with Crippen LogP contribution in [0.15, 0.2) is 18.2 Å². The Kier molecular flexibility index (Phi) is 3.87. The van der Waals surface area contributed by atoms with E-state index in [-0.39, 0.29) is 12.1 Å². The highest BCUT2D eigenvalue weighted by Gasteiger charge is 2.24. The van der Waals surface area contributed by atoms with Gasteiger partial charge in [-0.1, -0.05) is 12.1 Å². The zero-order valence-electron chi connectivity index (χ0n) is 10.8. The number of carbonyl (C=O) groups is 1. The number of nitrogens with one attached hydrogen (secondary N) is 1. The van der Waals surface area contributed by atoms with Gasteiger partial charge in [-0.3, -0.25) is 0 Å². The van der Waals surface area contributed by atoms with Gasteiger partial charge in [0.1, 0.15) is 0 Å². The molecule has 1 aliphatic rings. The van der Waals surface area contributed by atoms with E-state index in [2.05, 4.69) is 5.32 Å². The molecule has 0 spiro atoms. The highest BCUT2D eigenvalue weighted by molar-refractivity contribution is 5.95. The van der Waals surface area contributed by atoms with Crippen LogP contribution in [0.3, 0.4) is 0 Å². The average molecular weight is 249 g/mol. The summed E-state index contributed by atoms with van der Waals surface area (Å²) >= 11 is 0. The Hall–Kier alpha value is -1.55. The van der Waals surface area contributed by atoms with Crippen molar-refractivity contribution in [3.05, 3.63) is 29.3 Å². The fourth-order valence-electron chi connectivity index (χ4n) is 2.36. The Morgan fingerprint density at radius 2 is 2.33 bits per heavy atom. The van der Waals surface area contributed by atoms with Gasteiger partial charge in [0.05, 0.1) is 17.4 Å². The van der Waals surface area contributed by atoms with Crippen LogP contribution in [0.25, 0.3) is 0 Å². The van der Waals surface area contributed by atoms with Gasteiger partial charge in [-0.25, -0.2) is 4.79 Å². The minimum absolute atomic E-state index is 0.117. The lowest BCUT2D eigenvalue weighted by atomic mass is 10.0. The van der Waals surface area contributed by atoms with Crippen molar-refractivity contribution in [2.45, 2.75) is 38.8 Å². The molecule has 2 rings (SSSR count). The Labute approximate surface area is 107 Å². The lowest BCUT2D eigenvalue weighted by Gasteiger charge is -2.23. The van der Waals surface area contributed by atoms with Crippen molar-refractivity contribution >= 4 is 11.7 Å². The number of anilines is 1. The Balaban J connectivity index is 2.19. The number of benzene rings is 1. The third-order valence-corrected chi connectivity index (χ3v) is 3.40. The van der Waals surface area contributed by atoms with Crippen LogP contribution in [0.4, 0.5) is 5.69 Å². The fraction of sp³-hybridized carbons (Fsp3) is 0.500. The lowest BCUT2D eigenvalue weighted by molar-refractivity contribution is 0.0697. The van der Waals surface area contributed by atoms with Gasteiger partial charge in [0.15, 0.2) is 0 Å². The van der Waals surface area contributed by atoms with E-state index < -0.39 is 5.97 Å². The quantitative estimate of drug-likeness (QED) is 0.861. The van der Waals surface area contributed by atoms with E-state index in [1.807, 2.05) is 19.9 Å². The summed E-state index contributed by atoms with van der Waals surface area (Å²) < 4.78 is 5.62. The van der Waals surface area contributed by atoms with Gasteiger partial charge in [-0.05, 0) is 38.3 Å². The summed E-state index contributed by atoms with van der Waals surface area (Å²) in [6, 6.07) is 5.42. The van der Waals surface area contributed by atoms with Gasteiger partial charge >= 0.3 is 5.97 Å². The third-order valence-electron chi connectivity index (χ3n) is 3.40. The first kappa shape index (κ1) is 12.9. The molecule has 2 unspecified atom stereocenters. The zero-order chi connectivity index (χ0) is 13.1. The van der Waals surface area contributed by atoms with Crippen molar-refractivity contribution in [3.8, 4) is 0 Å². The Morgan fingerprint density at radius 3 is 2.94 bits per heavy atom. The molecule has 2 atom stereocenters. The first-order chi connectivity index (χ1) is 8.59. The molecule has 4 heteroatoms. The normalized spacial score (nSPS) is 20.7. The largest absolute Gasteiger partial charge is 0.478 e. The topological polar surface area (TPSA) is 58.6 Å². The van der Waals surface area contributed by atoms with Crippen LogP contribution in [0.1, 0.15) is 35.7 Å². The highest BCUT2D eigenvalue weighted by atomic mass is 16.5. The van der Waals surface area contributed by atoms with Crippen LogP contribution in [-0.4, -0.2) is 29.8 Å². The predicted octanol–water partition coefficient (Wildman–Crippen LogP) is 2.67. The monoisotopic (exact) mass is 249 g/mol. The summed E-state index contributed by atoms with van der Waals surface area (Å²) in [4.78, 5) is 11.2. The van der Waals surface area contributed by atoms with Crippen LogP contribution in [-0.2, 0) is 4.74 Å². The van der Waals surface area contributed by atoms with Crippen molar-refractivity contribution in [2.24, 2.45) is 0 Å². The summed E-state index contributed by atoms with van der Waals surface area (Å²) in [6.45, 7) is 4.75. The van der Waals surface area contributed by atoms with Gasteiger partial charge in [-0.2, -0.15) is 0 Å². The number of hydrogen-bond donors (Lipinski definition) is 2. The summed E-state index contributed by atoms with van der Waals surface area (Å²) in [7, 11) is 0. The molecule has 0 aliphatic carbocycles. The molecule has 2 N–H and O–H groups in total. The lowest BCUT2D eigenvalue weighted by Crippen LogP contribution is -2.31. The molecular weight excluding hydrogens is 230 g/mol. The molecule has 1 heterocycles. The molecule has 0 amide bonds. The molecule has 18 heavy (non-hydrogen) atoms. The molecular formula is C14H19NO3. The van der Waals surface area contributed by atoms with Crippen molar-refractivity contribution in [2.75, 3.05) is 11.9 Å². The second kappa shape index (κ2) is 5.40. The summed E-state index contributed by atoms with van der Waals surface area (Å²) in [5.74, 6) is -0.902. The molecule has 1 aliphatic heterocycles. The van der Waals surface area contributed by atoms with E-state index in [9.17, 15) is 9.90 Å². The Morgan fingerprint density at radius 1 is 1.56 bits per heavy atom. The molecule has 4 nitrogen and oxygen atoms in total. The number of ether oxygens (including phenoxy) is 1. The number of rotatable bonds is 4. The summed E-state index contributed by atoms with van der Waals surface area (Å²) in [5, 5.41) is 12.5. The fourth-order valence-corrected chi connectivity index (χ4v) is 2.36. The molecule has 1 fully saturated rings. The molecule has 0 aromatic heterocycles. The van der Waals surface area contributed by atoms with Crippen LogP contribution >= 0.6 is 0 Å². The van der Waals surface area contributed by atoms with Gasteiger partial charge in [-0.15, -0.1) is 0 Å². The maximum Gasteiger partial charge on any atom is 0.337 e. The Bertz CT molecular complexity index is 439. The highest BCUT2D eigenvalue weighted by Crippen LogP contribution is 2.24. The van der Waals surface area contributed by atoms with Gasteiger partial charge in [0.25, 0.3) is 0 Å². The van der Waals surface area contributed by atoms with E-state index in [1.54, 1.807) is 12.1 Å². The first-order valence-corrected chi connectivity index (χ1v) is 6.30. The van der Waals surface area contributed by atoms with E-state index in [1.165, 1.54) is 0 Å². The van der Waals surface area contributed by atoms with E-state index in [4.69, 9.17) is 4.74 Å². The summed E-state index contributed by atoms with van der Waals surface area (Å²) in [6.07, 6.45) is 2.28. The van der Waals surface area contributed by atoms with Crippen LogP contribution in [0, 0.1) is 6.92 Å². The predicted molar refractivity (Wildman–Crippen MR) is 70.2 cm³/mol. The van der Waals surface area contributed by atoms with Gasteiger partial charge < -0.3 is 15.2 Å². The first-order valence-electron chi connectivity index (χ1n) is 6.30. The van der Waals surface area contributed by atoms with Crippen LogP contribution < -0.4 is 5.32 Å². The average Bonchev–Trinajstić information content (AvgIpc) is 2.85. The standard InChI is InChI=1S/C14H19NO3/c1-9-5-3-6-11(14(16)17)13(9)15-10(2)12-7-4-8-18-12/h3,5-6,10,12,15H,4,7-8H2,1-2H3,(H,16,17). The molecule has 0 saturated carbocycles. The van der Waals surface area contributed by atoms with Crippen molar-refractivity contribution in [1.29, 1.82) is 0 Å². The summed E-state index contributed by atoms with van der Waals surface area (Å²) in [5.41, 5.74) is 1.97. The molecule has 1 aromatic rings.